The first kappa shape index (κ1) is 10.1. The van der Waals surface area contributed by atoms with Gasteiger partial charge in [0.25, 0.3) is 0 Å². The number of hydrogen-bond acceptors (Lipinski definition) is 2. The van der Waals surface area contributed by atoms with Gasteiger partial charge in [0.1, 0.15) is 0 Å². The summed E-state index contributed by atoms with van der Waals surface area (Å²) < 4.78 is 0. The third-order valence-electron chi connectivity index (χ3n) is 3.27. The Morgan fingerprint density at radius 2 is 1.59 bits per heavy atom. The normalized spacial score (nSPS) is 13.9. The van der Waals surface area contributed by atoms with E-state index in [2.05, 4.69) is 11.0 Å². The molecule has 1 aliphatic heterocycles. The van der Waals surface area contributed by atoms with E-state index >= 15 is 0 Å². The third-order valence-corrected chi connectivity index (χ3v) is 3.27. The molecule has 0 amide bonds. The Hall–Kier alpha value is -2.09. The van der Waals surface area contributed by atoms with Crippen molar-refractivity contribution in [3.8, 4) is 0 Å². The molecule has 0 atom stereocenters. The molecule has 0 fully saturated rings. The average molecular weight is 223 g/mol. The van der Waals surface area contributed by atoms with E-state index in [0.717, 1.165) is 22.5 Å². The van der Waals surface area contributed by atoms with E-state index in [4.69, 9.17) is 0 Å². The fourth-order valence-corrected chi connectivity index (χ4v) is 2.39. The summed E-state index contributed by atoms with van der Waals surface area (Å²) in [6.07, 6.45) is 0.484. The van der Waals surface area contributed by atoms with Gasteiger partial charge in [0.2, 0.25) is 0 Å². The number of carbonyl (C=O) groups excluding carboxylic acids is 1. The van der Waals surface area contributed by atoms with Crippen molar-refractivity contribution in [3.05, 3.63) is 59.7 Å². The van der Waals surface area contributed by atoms with Crippen molar-refractivity contribution in [3.63, 3.8) is 0 Å². The summed E-state index contributed by atoms with van der Waals surface area (Å²) in [5, 5.41) is 0. The Bertz CT molecular complexity index is 589. The zero-order valence-electron chi connectivity index (χ0n) is 9.68. The van der Waals surface area contributed by atoms with E-state index in [-0.39, 0.29) is 5.78 Å². The number of Topliss-reactive ketones (excluding diaryl/α,β-unsaturated/α-hetero) is 1. The summed E-state index contributed by atoms with van der Waals surface area (Å²) in [7, 11) is 2.01. The van der Waals surface area contributed by atoms with Crippen molar-refractivity contribution in [2.24, 2.45) is 0 Å². The predicted octanol–water partition coefficient (Wildman–Crippen LogP) is 3.19. The first-order valence-electron chi connectivity index (χ1n) is 5.71. The predicted molar refractivity (Wildman–Crippen MR) is 69.0 cm³/mol. The molecule has 0 radical (unpaired) electrons. The summed E-state index contributed by atoms with van der Waals surface area (Å²) >= 11 is 0. The molecule has 0 aromatic heterocycles. The molecule has 0 spiro atoms. The van der Waals surface area contributed by atoms with Gasteiger partial charge in [-0.2, -0.15) is 0 Å². The first-order valence-corrected chi connectivity index (χ1v) is 5.71. The molecular weight excluding hydrogens is 210 g/mol. The second-order valence-electron chi connectivity index (χ2n) is 4.30. The first-order chi connectivity index (χ1) is 8.27. The van der Waals surface area contributed by atoms with Crippen molar-refractivity contribution >= 4 is 17.2 Å². The van der Waals surface area contributed by atoms with Crippen molar-refractivity contribution < 1.29 is 4.79 Å². The smallest absolute Gasteiger partial charge is 0.169 e. The van der Waals surface area contributed by atoms with Crippen LogP contribution in [0.3, 0.4) is 0 Å². The minimum Gasteiger partial charge on any atom is -0.344 e. The lowest BCUT2D eigenvalue weighted by Crippen LogP contribution is -2.11. The molecule has 2 nitrogen and oxygen atoms in total. The van der Waals surface area contributed by atoms with Crippen LogP contribution in [0.5, 0.6) is 0 Å². The van der Waals surface area contributed by atoms with Crippen molar-refractivity contribution in [1.29, 1.82) is 0 Å². The highest BCUT2D eigenvalue weighted by Crippen LogP contribution is 2.34. The molecule has 1 heterocycles. The van der Waals surface area contributed by atoms with E-state index in [9.17, 15) is 4.79 Å². The van der Waals surface area contributed by atoms with Gasteiger partial charge in [-0.1, -0.05) is 30.3 Å². The molecule has 0 saturated heterocycles. The van der Waals surface area contributed by atoms with E-state index < -0.39 is 0 Å². The molecule has 84 valence electrons. The lowest BCUT2D eigenvalue weighted by atomic mass is 10.0. The molecule has 0 unspecified atom stereocenters. The van der Waals surface area contributed by atoms with E-state index in [1.54, 1.807) is 0 Å². The topological polar surface area (TPSA) is 20.3 Å². The van der Waals surface area contributed by atoms with Crippen LogP contribution in [0.4, 0.5) is 11.4 Å². The van der Waals surface area contributed by atoms with Crippen molar-refractivity contribution in [2.75, 3.05) is 11.9 Å². The molecule has 2 aromatic carbocycles. The van der Waals surface area contributed by atoms with Crippen LogP contribution in [-0.2, 0) is 6.42 Å². The maximum Gasteiger partial charge on any atom is 0.169 e. The Morgan fingerprint density at radius 1 is 0.941 bits per heavy atom. The number of rotatable bonds is 0. The number of hydrogen-bond donors (Lipinski definition) is 0. The number of nitrogens with zero attached hydrogens (tertiary/aromatic N) is 1. The molecule has 17 heavy (non-hydrogen) atoms. The number of benzene rings is 2. The fraction of sp³-hybridized carbons (Fsp3) is 0.133. The third kappa shape index (κ3) is 1.53. The molecule has 1 aliphatic rings. The summed E-state index contributed by atoms with van der Waals surface area (Å²) in [6.45, 7) is 0. The summed E-state index contributed by atoms with van der Waals surface area (Å²) in [5.74, 6) is 0.192. The maximum atomic E-state index is 12.2. The number of para-hydroxylation sites is 2. The van der Waals surface area contributed by atoms with Crippen LogP contribution < -0.4 is 4.90 Å². The van der Waals surface area contributed by atoms with E-state index in [0.29, 0.717) is 6.42 Å². The lowest BCUT2D eigenvalue weighted by molar-refractivity contribution is 0.0994. The minimum atomic E-state index is 0.192. The standard InChI is InChI=1S/C15H13NO/c1-16-13-8-4-2-6-11(13)10-15(17)12-7-3-5-9-14(12)16/h2-9H,10H2,1H3. The van der Waals surface area contributed by atoms with Crippen LogP contribution in [0.1, 0.15) is 15.9 Å². The zero-order chi connectivity index (χ0) is 11.8. The monoisotopic (exact) mass is 223 g/mol. The van der Waals surface area contributed by atoms with Gasteiger partial charge in [-0.05, 0) is 23.8 Å². The molecule has 0 N–H and O–H groups in total. The van der Waals surface area contributed by atoms with Crippen molar-refractivity contribution in [1.82, 2.24) is 0 Å². The van der Waals surface area contributed by atoms with Gasteiger partial charge < -0.3 is 4.90 Å². The van der Waals surface area contributed by atoms with Gasteiger partial charge in [0, 0.05) is 24.7 Å². The average Bonchev–Trinajstić information content (AvgIpc) is 2.48. The van der Waals surface area contributed by atoms with Crippen LogP contribution >= 0.6 is 0 Å². The van der Waals surface area contributed by atoms with Crippen LogP contribution in [0.2, 0.25) is 0 Å². The van der Waals surface area contributed by atoms with Gasteiger partial charge in [0.05, 0.1) is 5.69 Å². The summed E-state index contributed by atoms with van der Waals surface area (Å²) in [5.41, 5.74) is 4.01. The maximum absolute atomic E-state index is 12.2. The lowest BCUT2D eigenvalue weighted by Gasteiger charge is -2.21. The van der Waals surface area contributed by atoms with Crippen molar-refractivity contribution in [2.45, 2.75) is 6.42 Å². The highest BCUT2D eigenvalue weighted by atomic mass is 16.1. The molecule has 0 aliphatic carbocycles. The van der Waals surface area contributed by atoms with Crippen LogP contribution in [0.25, 0.3) is 0 Å². The quantitative estimate of drug-likeness (QED) is 0.683. The van der Waals surface area contributed by atoms with Gasteiger partial charge in [-0.3, -0.25) is 4.79 Å². The fourth-order valence-electron chi connectivity index (χ4n) is 2.39. The molecule has 3 rings (SSSR count). The van der Waals surface area contributed by atoms with E-state index in [1.807, 2.05) is 49.5 Å². The summed E-state index contributed by atoms with van der Waals surface area (Å²) in [4.78, 5) is 14.3. The molecule has 2 heteroatoms. The van der Waals surface area contributed by atoms with Crippen LogP contribution in [-0.4, -0.2) is 12.8 Å². The Kier molecular flexibility index (Phi) is 2.22. The van der Waals surface area contributed by atoms with Crippen LogP contribution in [0, 0.1) is 0 Å². The largest absolute Gasteiger partial charge is 0.344 e. The molecular formula is C15H13NO. The van der Waals surface area contributed by atoms with Gasteiger partial charge >= 0.3 is 0 Å². The second kappa shape index (κ2) is 3.74. The second-order valence-corrected chi connectivity index (χ2v) is 4.30. The Labute approximate surface area is 100 Å². The SMILES string of the molecule is CN1c2ccccc2CC(=O)c2ccccc21. The molecule has 0 bridgehead atoms. The van der Waals surface area contributed by atoms with Crippen LogP contribution in [0.15, 0.2) is 48.5 Å². The highest BCUT2D eigenvalue weighted by Gasteiger charge is 2.21. The molecule has 0 saturated carbocycles. The number of fused-ring (bicyclic) bond motifs is 2. The zero-order valence-corrected chi connectivity index (χ0v) is 9.68. The highest BCUT2D eigenvalue weighted by molar-refractivity contribution is 6.05. The Morgan fingerprint density at radius 3 is 2.41 bits per heavy atom. The number of anilines is 2. The molecule has 2 aromatic rings. The number of ketones is 1. The minimum absolute atomic E-state index is 0.192. The van der Waals surface area contributed by atoms with Gasteiger partial charge in [-0.25, -0.2) is 0 Å². The Balaban J connectivity index is 2.26. The number of carbonyl (C=O) groups is 1. The van der Waals surface area contributed by atoms with Gasteiger partial charge in [0.15, 0.2) is 5.78 Å². The van der Waals surface area contributed by atoms with E-state index in [1.165, 1.54) is 0 Å². The van der Waals surface area contributed by atoms with Gasteiger partial charge in [-0.15, -0.1) is 0 Å². The summed E-state index contributed by atoms with van der Waals surface area (Å²) in [6, 6.07) is 15.9.